The van der Waals surface area contributed by atoms with Crippen LogP contribution in [0.25, 0.3) is 0 Å². The number of esters is 1. The van der Waals surface area contributed by atoms with Crippen LogP contribution in [-0.2, 0) is 16.1 Å². The molecule has 0 unspecified atom stereocenters. The molecule has 0 aliphatic carbocycles. The van der Waals surface area contributed by atoms with Crippen molar-refractivity contribution in [1.82, 2.24) is 10.3 Å². The Hall–Kier alpha value is -1.63. The SMILES string of the molecule is Cc1nc(C)c(C(=O)OCC(=O)NCc2ccc(Cl)cc2Cl)s1. The first kappa shape index (κ1) is 17.7. The van der Waals surface area contributed by atoms with Gasteiger partial charge in [-0.05, 0) is 31.5 Å². The number of nitrogens with zero attached hydrogens (tertiary/aromatic N) is 1. The normalized spacial score (nSPS) is 10.4. The molecule has 1 aromatic carbocycles. The lowest BCUT2D eigenvalue weighted by atomic mass is 10.2. The van der Waals surface area contributed by atoms with Gasteiger partial charge >= 0.3 is 5.97 Å². The third-order valence-corrected chi connectivity index (χ3v) is 4.55. The van der Waals surface area contributed by atoms with Crippen LogP contribution in [0.4, 0.5) is 0 Å². The minimum absolute atomic E-state index is 0.227. The van der Waals surface area contributed by atoms with E-state index in [1.54, 1.807) is 32.0 Å². The standard InChI is InChI=1S/C15H14Cl2N2O3S/c1-8-14(23-9(2)19-8)15(21)22-7-13(20)18-6-10-3-4-11(16)5-12(10)17/h3-5H,6-7H2,1-2H3,(H,18,20). The van der Waals surface area contributed by atoms with Gasteiger partial charge in [0.1, 0.15) is 4.88 Å². The summed E-state index contributed by atoms with van der Waals surface area (Å²) >= 11 is 13.1. The molecule has 122 valence electrons. The van der Waals surface area contributed by atoms with E-state index < -0.39 is 11.9 Å². The van der Waals surface area contributed by atoms with E-state index in [1.165, 1.54) is 11.3 Å². The van der Waals surface area contributed by atoms with Crippen LogP contribution in [0.5, 0.6) is 0 Å². The van der Waals surface area contributed by atoms with Crippen molar-refractivity contribution in [3.05, 3.63) is 49.4 Å². The van der Waals surface area contributed by atoms with Gasteiger partial charge in [0.05, 0.1) is 10.7 Å². The summed E-state index contributed by atoms with van der Waals surface area (Å²) < 4.78 is 4.99. The Balaban J connectivity index is 1.83. The number of halogens is 2. The molecule has 0 radical (unpaired) electrons. The Bertz CT molecular complexity index is 746. The van der Waals surface area contributed by atoms with Gasteiger partial charge < -0.3 is 10.1 Å². The average molecular weight is 373 g/mol. The fourth-order valence-corrected chi connectivity index (χ4v) is 3.12. The largest absolute Gasteiger partial charge is 0.451 e. The van der Waals surface area contributed by atoms with E-state index in [-0.39, 0.29) is 13.2 Å². The summed E-state index contributed by atoms with van der Waals surface area (Å²) in [5.41, 5.74) is 1.33. The van der Waals surface area contributed by atoms with Crippen LogP contribution in [-0.4, -0.2) is 23.5 Å². The first-order valence-electron chi connectivity index (χ1n) is 6.68. The third kappa shape index (κ3) is 4.92. The fraction of sp³-hybridized carbons (Fsp3) is 0.267. The summed E-state index contributed by atoms with van der Waals surface area (Å²) in [6.45, 7) is 3.39. The minimum atomic E-state index is -0.548. The van der Waals surface area contributed by atoms with Crippen molar-refractivity contribution in [1.29, 1.82) is 0 Å². The Labute approximate surface area is 147 Å². The number of ether oxygens (including phenoxy) is 1. The molecule has 2 aromatic rings. The number of nitrogens with one attached hydrogen (secondary N) is 1. The first-order valence-corrected chi connectivity index (χ1v) is 8.26. The average Bonchev–Trinajstić information content (AvgIpc) is 2.82. The number of amides is 1. The Morgan fingerprint density at radius 3 is 2.65 bits per heavy atom. The maximum Gasteiger partial charge on any atom is 0.350 e. The maximum absolute atomic E-state index is 11.9. The summed E-state index contributed by atoms with van der Waals surface area (Å²) in [6, 6.07) is 5.00. The number of rotatable bonds is 5. The zero-order valence-electron chi connectivity index (χ0n) is 12.5. The van der Waals surface area contributed by atoms with E-state index in [1.807, 2.05) is 0 Å². The third-order valence-electron chi connectivity index (χ3n) is 2.91. The number of hydrogen-bond donors (Lipinski definition) is 1. The zero-order valence-corrected chi connectivity index (χ0v) is 14.8. The molecule has 0 aliphatic heterocycles. The molecule has 23 heavy (non-hydrogen) atoms. The number of thiazole rings is 1. The van der Waals surface area contributed by atoms with Crippen molar-refractivity contribution in [2.24, 2.45) is 0 Å². The molecule has 2 rings (SSSR count). The highest BCUT2D eigenvalue weighted by Gasteiger charge is 2.16. The van der Waals surface area contributed by atoms with Crippen LogP contribution in [0, 0.1) is 13.8 Å². The Morgan fingerprint density at radius 2 is 2.04 bits per heavy atom. The Morgan fingerprint density at radius 1 is 1.30 bits per heavy atom. The number of hydrogen-bond acceptors (Lipinski definition) is 5. The summed E-state index contributed by atoms with van der Waals surface area (Å²) in [4.78, 5) is 28.2. The quantitative estimate of drug-likeness (QED) is 0.814. The van der Waals surface area contributed by atoms with Crippen molar-refractivity contribution in [3.63, 3.8) is 0 Å². The van der Waals surface area contributed by atoms with E-state index in [0.717, 1.165) is 10.6 Å². The molecule has 5 nitrogen and oxygen atoms in total. The first-order chi connectivity index (χ1) is 10.9. The van der Waals surface area contributed by atoms with Crippen molar-refractivity contribution >= 4 is 46.4 Å². The highest BCUT2D eigenvalue weighted by atomic mass is 35.5. The molecule has 0 spiro atoms. The Kier molecular flexibility index (Phi) is 5.98. The predicted octanol–water partition coefficient (Wildman–Crippen LogP) is 3.54. The summed E-state index contributed by atoms with van der Waals surface area (Å²) in [5, 5.41) is 4.39. The van der Waals surface area contributed by atoms with E-state index in [9.17, 15) is 9.59 Å². The van der Waals surface area contributed by atoms with Gasteiger partial charge in [-0.1, -0.05) is 29.3 Å². The van der Waals surface area contributed by atoms with Gasteiger partial charge in [0.25, 0.3) is 5.91 Å². The molecule has 0 saturated heterocycles. The summed E-state index contributed by atoms with van der Waals surface area (Å²) in [5.74, 6) is -0.962. The molecule has 0 atom stereocenters. The summed E-state index contributed by atoms with van der Waals surface area (Å²) in [6.07, 6.45) is 0. The van der Waals surface area contributed by atoms with E-state index >= 15 is 0 Å². The van der Waals surface area contributed by atoms with E-state index in [0.29, 0.717) is 20.6 Å². The van der Waals surface area contributed by atoms with E-state index in [4.69, 9.17) is 27.9 Å². The minimum Gasteiger partial charge on any atom is -0.451 e. The van der Waals surface area contributed by atoms with Crippen LogP contribution in [0.2, 0.25) is 10.0 Å². The van der Waals surface area contributed by atoms with Gasteiger partial charge in [-0.3, -0.25) is 4.79 Å². The molecule has 0 saturated carbocycles. The van der Waals surface area contributed by atoms with Gasteiger partial charge in [-0.15, -0.1) is 11.3 Å². The molecule has 1 amide bonds. The van der Waals surface area contributed by atoms with Gasteiger partial charge in [0.2, 0.25) is 0 Å². The zero-order chi connectivity index (χ0) is 17.0. The molecular formula is C15H14Cl2N2O3S. The smallest absolute Gasteiger partial charge is 0.350 e. The second kappa shape index (κ2) is 7.77. The molecule has 8 heteroatoms. The molecular weight excluding hydrogens is 359 g/mol. The molecule has 1 aromatic heterocycles. The van der Waals surface area contributed by atoms with Crippen LogP contribution in [0.3, 0.4) is 0 Å². The van der Waals surface area contributed by atoms with Crippen molar-refractivity contribution < 1.29 is 14.3 Å². The highest BCUT2D eigenvalue weighted by molar-refractivity contribution is 7.13. The lowest BCUT2D eigenvalue weighted by Gasteiger charge is -2.08. The lowest BCUT2D eigenvalue weighted by Crippen LogP contribution is -2.28. The highest BCUT2D eigenvalue weighted by Crippen LogP contribution is 2.21. The molecule has 0 aliphatic rings. The lowest BCUT2D eigenvalue weighted by molar-refractivity contribution is -0.124. The number of carbonyl (C=O) groups is 2. The molecule has 0 bridgehead atoms. The van der Waals surface area contributed by atoms with Crippen LogP contribution in [0.15, 0.2) is 18.2 Å². The second-order valence-electron chi connectivity index (χ2n) is 4.74. The van der Waals surface area contributed by atoms with Gasteiger partial charge in [-0.2, -0.15) is 0 Å². The number of benzene rings is 1. The number of aryl methyl sites for hydroxylation is 2. The van der Waals surface area contributed by atoms with Gasteiger partial charge in [0, 0.05) is 16.6 Å². The number of carbonyl (C=O) groups excluding carboxylic acids is 2. The maximum atomic E-state index is 11.9. The van der Waals surface area contributed by atoms with Crippen LogP contribution in [0.1, 0.15) is 25.9 Å². The van der Waals surface area contributed by atoms with Gasteiger partial charge in [-0.25, -0.2) is 9.78 Å². The summed E-state index contributed by atoms with van der Waals surface area (Å²) in [7, 11) is 0. The van der Waals surface area contributed by atoms with Gasteiger partial charge in [0.15, 0.2) is 6.61 Å². The monoisotopic (exact) mass is 372 g/mol. The van der Waals surface area contributed by atoms with Crippen molar-refractivity contribution in [2.75, 3.05) is 6.61 Å². The molecule has 0 fully saturated rings. The molecule has 1 N–H and O–H groups in total. The number of aromatic nitrogens is 1. The van der Waals surface area contributed by atoms with Crippen LogP contribution < -0.4 is 5.32 Å². The fourth-order valence-electron chi connectivity index (χ4n) is 1.83. The molecule has 1 heterocycles. The van der Waals surface area contributed by atoms with Crippen molar-refractivity contribution in [3.8, 4) is 0 Å². The predicted molar refractivity (Wildman–Crippen MR) is 90.2 cm³/mol. The topological polar surface area (TPSA) is 68.3 Å². The van der Waals surface area contributed by atoms with E-state index in [2.05, 4.69) is 10.3 Å². The van der Waals surface area contributed by atoms with Crippen molar-refractivity contribution in [2.45, 2.75) is 20.4 Å². The van der Waals surface area contributed by atoms with Crippen LogP contribution >= 0.6 is 34.5 Å². The second-order valence-corrected chi connectivity index (χ2v) is 6.78.